The lowest BCUT2D eigenvalue weighted by molar-refractivity contribution is -0.382. The van der Waals surface area contributed by atoms with Gasteiger partial charge < -0.3 is 4.18 Å². The highest BCUT2D eigenvalue weighted by Gasteiger charge is 2.86. The number of ketones is 1. The number of hydrogen-bond acceptors (Lipinski definition) is 6. The lowest BCUT2D eigenvalue weighted by Crippen LogP contribution is -2.63. The quantitative estimate of drug-likeness (QED) is 0.0750. The Balaban J connectivity index is 0.000000358. The van der Waals surface area contributed by atoms with Gasteiger partial charge in [-0.15, -0.1) is 0 Å². The first kappa shape index (κ1) is 42.5. The van der Waals surface area contributed by atoms with Gasteiger partial charge in [-0.3, -0.25) is 4.79 Å². The molecule has 4 nitrogen and oxygen atoms in total. The van der Waals surface area contributed by atoms with Gasteiger partial charge in [-0.25, -0.2) is 8.78 Å². The normalized spacial score (nSPS) is 12.4. The predicted molar refractivity (Wildman–Crippen MR) is 179 cm³/mol. The van der Waals surface area contributed by atoms with E-state index in [0.29, 0.717) is 22.6 Å². The molecule has 5 aromatic rings. The summed E-state index contributed by atoms with van der Waals surface area (Å²) in [5.74, 6) is -16.7. The van der Waals surface area contributed by atoms with Crippen LogP contribution in [0.3, 0.4) is 0 Å². The fraction of sp³-hybridized carbons (Fsp3) is 0.114. The Morgan fingerprint density at radius 1 is 0.574 bits per heavy atom. The third-order valence-corrected chi connectivity index (χ3v) is 10.6. The average molecular weight is 845 g/mol. The zero-order chi connectivity index (χ0) is 40.1. The summed E-state index contributed by atoms with van der Waals surface area (Å²) in [6.07, 6.45) is -7.19. The molecule has 0 aliphatic carbocycles. The van der Waals surface area contributed by atoms with Crippen molar-refractivity contribution in [2.24, 2.45) is 0 Å². The molecule has 0 N–H and O–H groups in total. The van der Waals surface area contributed by atoms with E-state index in [2.05, 4.69) is 4.18 Å². The van der Waals surface area contributed by atoms with Gasteiger partial charge in [0.25, 0.3) is 0 Å². The maximum absolute atomic E-state index is 13.8. The van der Waals surface area contributed by atoms with Crippen LogP contribution in [0.2, 0.25) is 5.02 Å². The summed E-state index contributed by atoms with van der Waals surface area (Å²) in [7, 11) is -7.05. The molecule has 5 aromatic carbocycles. The van der Waals surface area contributed by atoms with Gasteiger partial charge >= 0.3 is 33.4 Å². The van der Waals surface area contributed by atoms with E-state index in [-0.39, 0.29) is 32.9 Å². The van der Waals surface area contributed by atoms with Gasteiger partial charge in [0.2, 0.25) is 0 Å². The van der Waals surface area contributed by atoms with E-state index < -0.39 is 39.1 Å². The lowest BCUT2D eigenvalue weighted by atomic mass is 10.0. The zero-order valence-electron chi connectivity index (χ0n) is 26.4. The second-order valence-corrected chi connectivity index (χ2v) is 14.9. The number of alkyl halides is 9. The fourth-order valence-electron chi connectivity index (χ4n) is 4.01. The number of carbonyl (C=O) groups excluding carboxylic acids is 1. The van der Waals surface area contributed by atoms with Crippen molar-refractivity contribution in [3.63, 3.8) is 0 Å². The molecule has 5 rings (SSSR count). The smallest absolute Gasteiger partial charge is 0.378 e. The zero-order valence-corrected chi connectivity index (χ0v) is 29.6. The van der Waals surface area contributed by atoms with E-state index in [1.54, 1.807) is 54.6 Å². The number of hydrogen-bond donors (Lipinski definition) is 0. The Labute approximate surface area is 313 Å². The molecule has 0 saturated carbocycles. The molecule has 0 amide bonds. The topological polar surface area (TPSA) is 60.4 Å². The Hall–Kier alpha value is -4.26. The molecule has 0 heterocycles. The molecule has 0 radical (unpaired) electrons. The number of benzene rings is 5. The minimum absolute atomic E-state index is 0.122. The van der Waals surface area contributed by atoms with Crippen molar-refractivity contribution in [1.82, 2.24) is 0 Å². The van der Waals surface area contributed by atoms with E-state index in [1.807, 2.05) is 0 Å². The molecule has 19 heteroatoms. The van der Waals surface area contributed by atoms with Crippen molar-refractivity contribution in [2.75, 3.05) is 0 Å². The monoisotopic (exact) mass is 844 g/mol. The van der Waals surface area contributed by atoms with Gasteiger partial charge in [0.1, 0.15) is 17.4 Å². The van der Waals surface area contributed by atoms with Crippen LogP contribution in [-0.4, -0.2) is 37.5 Å². The molecular weight excluding hydrogens is 825 g/mol. The van der Waals surface area contributed by atoms with Gasteiger partial charge in [0.05, 0.1) is 5.02 Å². The van der Waals surface area contributed by atoms with Gasteiger partial charge in [0.15, 0.2) is 5.78 Å². The standard InChI is InChI=1S/C23H12ClF9O4S2.C12H8F2S/c24-17-12-14(19(34)13-4-2-1-3-5-13)6-11-18(17)38-16-9-7-15(8-10-16)37-39(35,36)23(32,33)21(27,28)20(25,26)22(29,30)31;13-9-1-5-11(6-2-9)15-12-7-3-10(14)4-8-12/h1-12H;1-8H. The summed E-state index contributed by atoms with van der Waals surface area (Å²) in [6, 6.07) is 28.4. The molecule has 54 heavy (non-hydrogen) atoms. The van der Waals surface area contributed by atoms with Crippen LogP contribution >= 0.6 is 35.1 Å². The highest BCUT2D eigenvalue weighted by molar-refractivity contribution is 7.99. The molecule has 0 spiro atoms. The summed E-state index contributed by atoms with van der Waals surface area (Å²) >= 11 is 8.62. The Kier molecular flexibility index (Phi) is 13.1. The van der Waals surface area contributed by atoms with Crippen LogP contribution in [0.5, 0.6) is 5.75 Å². The third kappa shape index (κ3) is 9.69. The molecule has 286 valence electrons. The van der Waals surface area contributed by atoms with Gasteiger partial charge in [-0.2, -0.15) is 47.9 Å². The first-order valence-electron chi connectivity index (χ1n) is 14.6. The van der Waals surface area contributed by atoms with Crippen molar-refractivity contribution in [1.29, 1.82) is 0 Å². The number of halogens is 12. The van der Waals surface area contributed by atoms with E-state index in [1.165, 1.54) is 54.2 Å². The molecule has 0 aliphatic rings. The summed E-state index contributed by atoms with van der Waals surface area (Å²) < 4.78 is 170. The van der Waals surface area contributed by atoms with Crippen LogP contribution in [0.1, 0.15) is 15.9 Å². The van der Waals surface area contributed by atoms with Crippen LogP contribution in [0.15, 0.2) is 141 Å². The molecule has 0 bridgehead atoms. The second kappa shape index (κ2) is 16.6. The largest absolute Gasteiger partial charge is 0.460 e. The van der Waals surface area contributed by atoms with Gasteiger partial charge in [-0.1, -0.05) is 65.5 Å². The summed E-state index contributed by atoms with van der Waals surface area (Å²) in [5.41, 5.74) is 0.670. The summed E-state index contributed by atoms with van der Waals surface area (Å²) in [5, 5.41) is -6.85. The number of carbonyl (C=O) groups is 1. The highest BCUT2D eigenvalue weighted by atomic mass is 35.5. The second-order valence-electron chi connectivity index (χ2n) is 10.6. The van der Waals surface area contributed by atoms with E-state index in [4.69, 9.17) is 11.6 Å². The predicted octanol–water partition coefficient (Wildman–Crippen LogP) is 12.0. The molecule has 0 unspecified atom stereocenters. The minimum Gasteiger partial charge on any atom is -0.378 e. The van der Waals surface area contributed by atoms with Crippen molar-refractivity contribution in [3.05, 3.63) is 149 Å². The summed E-state index contributed by atoms with van der Waals surface area (Å²) in [6.45, 7) is 0. The molecule has 0 atom stereocenters. The van der Waals surface area contributed by atoms with Crippen LogP contribution in [-0.2, 0) is 10.1 Å². The maximum Gasteiger partial charge on any atom is 0.460 e. The Morgan fingerprint density at radius 2 is 1.04 bits per heavy atom. The first-order chi connectivity index (χ1) is 25.1. The van der Waals surface area contributed by atoms with Crippen molar-refractivity contribution in [2.45, 2.75) is 42.9 Å². The average Bonchev–Trinajstić information content (AvgIpc) is 3.11. The van der Waals surface area contributed by atoms with Crippen LogP contribution in [0.4, 0.5) is 48.3 Å². The lowest BCUT2D eigenvalue weighted by Gasteiger charge is -2.32. The SMILES string of the molecule is Fc1ccc(Sc2ccc(F)cc2)cc1.O=C(c1ccccc1)c1ccc(Sc2ccc(OS(=O)(=O)C(F)(F)C(F)(F)C(F)(F)C(F)(F)F)cc2)c(Cl)c1. The highest BCUT2D eigenvalue weighted by Crippen LogP contribution is 2.55. The fourth-order valence-corrected chi connectivity index (χ4v) is 6.85. The Bertz CT molecular complexity index is 2120. The molecule has 0 aromatic heterocycles. The van der Waals surface area contributed by atoms with Gasteiger partial charge in [-0.05, 0) is 91.0 Å². The van der Waals surface area contributed by atoms with E-state index in [0.717, 1.165) is 33.7 Å². The molecular formula is C35H20ClF11O4S3. The third-order valence-electron chi connectivity index (χ3n) is 6.78. The van der Waals surface area contributed by atoms with E-state index in [9.17, 15) is 61.5 Å². The van der Waals surface area contributed by atoms with Crippen LogP contribution in [0, 0.1) is 11.6 Å². The Morgan fingerprint density at radius 3 is 1.50 bits per heavy atom. The summed E-state index contributed by atoms with van der Waals surface area (Å²) in [4.78, 5) is 15.0. The van der Waals surface area contributed by atoms with Crippen molar-refractivity contribution >= 4 is 51.0 Å². The molecule has 0 saturated heterocycles. The van der Waals surface area contributed by atoms with Crippen molar-refractivity contribution < 1.29 is 65.7 Å². The minimum atomic E-state index is -7.41. The molecule has 0 aliphatic heterocycles. The first-order valence-corrected chi connectivity index (χ1v) is 18.0. The van der Waals surface area contributed by atoms with Crippen LogP contribution < -0.4 is 4.18 Å². The van der Waals surface area contributed by atoms with Crippen molar-refractivity contribution in [3.8, 4) is 5.75 Å². The molecule has 0 fully saturated rings. The van der Waals surface area contributed by atoms with Crippen LogP contribution in [0.25, 0.3) is 0 Å². The number of rotatable bonds is 11. The maximum atomic E-state index is 13.8. The van der Waals surface area contributed by atoms with E-state index >= 15 is 0 Å². The van der Waals surface area contributed by atoms with Gasteiger partial charge in [0, 0.05) is 30.7 Å².